The number of aromatic carboxylic acids is 2. The second-order valence-corrected chi connectivity index (χ2v) is 4.70. The second-order valence-electron chi connectivity index (χ2n) is 4.70. The number of aryl methyl sites for hydroxylation is 1. The molecule has 8 heteroatoms. The fraction of sp³-hybridized carbons (Fsp3) is 0.133. The first-order valence-corrected chi connectivity index (χ1v) is 6.55. The number of nitrogens with one attached hydrogen (secondary N) is 1. The molecule has 7 nitrogen and oxygen atoms in total. The highest BCUT2D eigenvalue weighted by Crippen LogP contribution is 2.32. The summed E-state index contributed by atoms with van der Waals surface area (Å²) in [5.41, 5.74) is 3.45. The van der Waals surface area contributed by atoms with Crippen molar-refractivity contribution in [1.82, 2.24) is 4.98 Å². The molecule has 0 saturated heterocycles. The Kier molecular flexibility index (Phi) is 4.44. The van der Waals surface area contributed by atoms with Gasteiger partial charge in [0.2, 0.25) is 0 Å². The van der Waals surface area contributed by atoms with Crippen molar-refractivity contribution in [3.63, 3.8) is 0 Å². The molecule has 0 fully saturated rings. The van der Waals surface area contributed by atoms with E-state index in [4.69, 9.17) is 5.73 Å². The number of carboxylic acid groups (broad SMARTS) is 2. The third-order valence-electron chi connectivity index (χ3n) is 3.32. The first-order chi connectivity index (χ1) is 10.9. The molecule has 0 aliphatic rings. The number of alkyl halides is 1. The van der Waals surface area contributed by atoms with Crippen LogP contribution in [0.25, 0.3) is 11.1 Å². The van der Waals surface area contributed by atoms with E-state index in [0.717, 1.165) is 0 Å². The molecule has 0 radical (unpaired) electrons. The molecule has 0 aliphatic heterocycles. The minimum atomic E-state index is -1.60. The van der Waals surface area contributed by atoms with E-state index in [0.29, 0.717) is 5.56 Å². The van der Waals surface area contributed by atoms with Gasteiger partial charge in [-0.05, 0) is 11.1 Å². The van der Waals surface area contributed by atoms with Crippen LogP contribution < -0.4 is 11.3 Å². The van der Waals surface area contributed by atoms with Crippen molar-refractivity contribution < 1.29 is 24.2 Å². The SMILES string of the molecule is Nc1[nH]c(=O)c(C(=O)O)c(-c2ccccc2CCF)c1C(=O)O. The van der Waals surface area contributed by atoms with Crippen LogP contribution in [-0.4, -0.2) is 33.8 Å². The van der Waals surface area contributed by atoms with E-state index in [1.54, 1.807) is 6.07 Å². The van der Waals surface area contributed by atoms with Crippen molar-refractivity contribution in [1.29, 1.82) is 0 Å². The van der Waals surface area contributed by atoms with Crippen molar-refractivity contribution >= 4 is 17.8 Å². The van der Waals surface area contributed by atoms with E-state index in [2.05, 4.69) is 0 Å². The molecule has 0 amide bonds. The zero-order valence-corrected chi connectivity index (χ0v) is 11.8. The molecule has 2 rings (SSSR count). The summed E-state index contributed by atoms with van der Waals surface area (Å²) in [6.45, 7) is -0.722. The maximum Gasteiger partial charge on any atom is 0.342 e. The molecule has 1 heterocycles. The lowest BCUT2D eigenvalue weighted by Crippen LogP contribution is -2.24. The Morgan fingerprint density at radius 1 is 1.13 bits per heavy atom. The van der Waals surface area contributed by atoms with Crippen LogP contribution >= 0.6 is 0 Å². The van der Waals surface area contributed by atoms with Gasteiger partial charge in [-0.15, -0.1) is 0 Å². The van der Waals surface area contributed by atoms with Crippen LogP contribution in [0.15, 0.2) is 29.1 Å². The Balaban J connectivity index is 2.98. The highest BCUT2D eigenvalue weighted by molar-refractivity contribution is 6.07. The van der Waals surface area contributed by atoms with Crippen LogP contribution in [0, 0.1) is 0 Å². The lowest BCUT2D eigenvalue weighted by atomic mass is 9.91. The molecule has 5 N–H and O–H groups in total. The standard InChI is InChI=1S/C15H13FN2O5/c16-6-5-7-3-1-2-4-8(7)9-10(14(20)21)12(17)18-13(19)11(9)15(22)23/h1-4H,5-6H2,(H,20,21)(H,22,23)(H3,17,18,19). The number of aromatic nitrogens is 1. The minimum absolute atomic E-state index is 0.0546. The summed E-state index contributed by atoms with van der Waals surface area (Å²) in [5, 5.41) is 18.7. The lowest BCUT2D eigenvalue weighted by Gasteiger charge is -2.15. The van der Waals surface area contributed by atoms with Crippen molar-refractivity contribution in [3.05, 3.63) is 51.3 Å². The number of H-pyrrole nitrogens is 1. The van der Waals surface area contributed by atoms with Crippen LogP contribution in [0.5, 0.6) is 0 Å². The van der Waals surface area contributed by atoms with Crippen LogP contribution in [0.1, 0.15) is 26.3 Å². The summed E-state index contributed by atoms with van der Waals surface area (Å²) in [7, 11) is 0. The predicted octanol–water partition coefficient (Wildman–Crippen LogP) is 1.53. The molecule has 2 aromatic rings. The molecular formula is C15H13FN2O5. The minimum Gasteiger partial charge on any atom is -0.478 e. The third kappa shape index (κ3) is 2.91. The van der Waals surface area contributed by atoms with Crippen LogP contribution in [0.4, 0.5) is 10.2 Å². The van der Waals surface area contributed by atoms with Gasteiger partial charge in [0.05, 0.1) is 6.67 Å². The van der Waals surface area contributed by atoms with E-state index in [1.807, 2.05) is 4.98 Å². The Bertz CT molecular complexity index is 844. The van der Waals surface area contributed by atoms with Gasteiger partial charge in [-0.2, -0.15) is 0 Å². The quantitative estimate of drug-likeness (QED) is 0.660. The first kappa shape index (κ1) is 16.2. The summed E-state index contributed by atoms with van der Waals surface area (Å²) in [6.07, 6.45) is -0.0546. The molecule has 0 aliphatic carbocycles. The number of pyridine rings is 1. The maximum atomic E-state index is 12.7. The number of benzene rings is 1. The van der Waals surface area contributed by atoms with Crippen LogP contribution in [-0.2, 0) is 6.42 Å². The van der Waals surface area contributed by atoms with E-state index < -0.39 is 41.1 Å². The molecule has 1 aromatic heterocycles. The molecule has 0 unspecified atom stereocenters. The number of hydrogen-bond acceptors (Lipinski definition) is 4. The normalized spacial score (nSPS) is 10.5. The van der Waals surface area contributed by atoms with Gasteiger partial charge in [0, 0.05) is 12.0 Å². The van der Waals surface area contributed by atoms with Crippen LogP contribution in [0.2, 0.25) is 0 Å². The summed E-state index contributed by atoms with van der Waals surface area (Å²) >= 11 is 0. The number of nitrogens with two attached hydrogens (primary N) is 1. The van der Waals surface area contributed by atoms with Crippen LogP contribution in [0.3, 0.4) is 0 Å². The Morgan fingerprint density at radius 3 is 2.30 bits per heavy atom. The number of anilines is 1. The van der Waals surface area contributed by atoms with Gasteiger partial charge >= 0.3 is 11.9 Å². The van der Waals surface area contributed by atoms with Gasteiger partial charge in [0.1, 0.15) is 16.9 Å². The number of hydrogen-bond donors (Lipinski definition) is 4. The highest BCUT2D eigenvalue weighted by atomic mass is 19.1. The fourth-order valence-corrected chi connectivity index (χ4v) is 2.40. The van der Waals surface area contributed by atoms with Gasteiger partial charge in [-0.3, -0.25) is 9.18 Å². The first-order valence-electron chi connectivity index (χ1n) is 6.55. The van der Waals surface area contributed by atoms with Gasteiger partial charge in [0.25, 0.3) is 5.56 Å². The number of aromatic amines is 1. The number of carbonyl (C=O) groups is 2. The number of halogens is 1. The Labute approximate surface area is 129 Å². The zero-order valence-electron chi connectivity index (χ0n) is 11.8. The maximum absolute atomic E-state index is 12.7. The van der Waals surface area contributed by atoms with Crippen molar-refractivity contribution in [2.24, 2.45) is 0 Å². The molecule has 0 atom stereocenters. The number of nitrogen functional groups attached to an aromatic ring is 1. The van der Waals surface area contributed by atoms with E-state index >= 15 is 0 Å². The van der Waals surface area contributed by atoms with E-state index in [1.165, 1.54) is 18.2 Å². The zero-order chi connectivity index (χ0) is 17.1. The van der Waals surface area contributed by atoms with Gasteiger partial charge in [-0.1, -0.05) is 24.3 Å². The second kappa shape index (κ2) is 6.30. The third-order valence-corrected chi connectivity index (χ3v) is 3.32. The van der Waals surface area contributed by atoms with E-state index in [9.17, 15) is 29.0 Å². The van der Waals surface area contributed by atoms with Gasteiger partial charge in [-0.25, -0.2) is 9.59 Å². The van der Waals surface area contributed by atoms with Crippen molar-refractivity contribution in [2.45, 2.75) is 6.42 Å². The van der Waals surface area contributed by atoms with Gasteiger partial charge < -0.3 is 20.9 Å². The van der Waals surface area contributed by atoms with E-state index in [-0.39, 0.29) is 17.5 Å². The highest BCUT2D eigenvalue weighted by Gasteiger charge is 2.27. The predicted molar refractivity (Wildman–Crippen MR) is 80.5 cm³/mol. The monoisotopic (exact) mass is 320 g/mol. The molecular weight excluding hydrogens is 307 g/mol. The molecule has 0 saturated carbocycles. The lowest BCUT2D eigenvalue weighted by molar-refractivity contribution is 0.0695. The summed E-state index contributed by atoms with van der Waals surface area (Å²) in [5.74, 6) is -3.55. The molecule has 23 heavy (non-hydrogen) atoms. The smallest absolute Gasteiger partial charge is 0.342 e. The summed E-state index contributed by atoms with van der Waals surface area (Å²) in [6, 6.07) is 6.10. The average molecular weight is 320 g/mol. The number of carboxylic acids is 2. The molecule has 0 bridgehead atoms. The summed E-state index contributed by atoms with van der Waals surface area (Å²) in [4.78, 5) is 36.9. The molecule has 0 spiro atoms. The summed E-state index contributed by atoms with van der Waals surface area (Å²) < 4.78 is 12.7. The topological polar surface area (TPSA) is 133 Å². The average Bonchev–Trinajstić information content (AvgIpc) is 2.46. The molecule has 1 aromatic carbocycles. The van der Waals surface area contributed by atoms with Crippen molar-refractivity contribution in [2.75, 3.05) is 12.4 Å². The number of rotatable bonds is 5. The molecule has 120 valence electrons. The largest absolute Gasteiger partial charge is 0.478 e. The van der Waals surface area contributed by atoms with Gasteiger partial charge in [0.15, 0.2) is 0 Å². The Morgan fingerprint density at radius 2 is 1.74 bits per heavy atom. The fourth-order valence-electron chi connectivity index (χ4n) is 2.40. The Hall–Kier alpha value is -3.16. The van der Waals surface area contributed by atoms with Crippen molar-refractivity contribution in [3.8, 4) is 11.1 Å².